The predicted octanol–water partition coefficient (Wildman–Crippen LogP) is 5.60. The first-order valence-electron chi connectivity index (χ1n) is 16.6. The summed E-state index contributed by atoms with van der Waals surface area (Å²) in [6, 6.07) is 36.2. The molecule has 1 aromatic heterocycles. The van der Waals surface area contributed by atoms with Crippen LogP contribution in [0.25, 0.3) is 0 Å². The zero-order valence-corrected chi connectivity index (χ0v) is 27.8. The summed E-state index contributed by atoms with van der Waals surface area (Å²) in [5.74, 6) is -0.118. The first-order valence-corrected chi connectivity index (χ1v) is 16.6. The van der Waals surface area contributed by atoms with E-state index in [0.29, 0.717) is 31.0 Å². The molecule has 49 heavy (non-hydrogen) atoms. The number of aryl methyl sites for hydroxylation is 1. The van der Waals surface area contributed by atoms with Crippen molar-refractivity contribution in [1.29, 1.82) is 0 Å². The van der Waals surface area contributed by atoms with Crippen LogP contribution in [0.4, 0.5) is 0 Å². The molecule has 3 N–H and O–H groups in total. The number of benzene rings is 4. The van der Waals surface area contributed by atoms with Crippen molar-refractivity contribution in [3.05, 3.63) is 156 Å². The second kappa shape index (κ2) is 18.0. The highest BCUT2D eigenvalue weighted by Crippen LogP contribution is 2.17. The summed E-state index contributed by atoms with van der Waals surface area (Å²) in [5.41, 5.74) is 4.65. The normalized spacial score (nSPS) is 12.0. The summed E-state index contributed by atoms with van der Waals surface area (Å²) in [6.07, 6.45) is 4.17. The van der Waals surface area contributed by atoms with Gasteiger partial charge in [0.05, 0.1) is 18.6 Å². The Morgan fingerprint density at radius 1 is 0.796 bits per heavy atom. The third-order valence-corrected chi connectivity index (χ3v) is 8.25. The van der Waals surface area contributed by atoms with Crippen molar-refractivity contribution in [3.63, 3.8) is 0 Å². The zero-order chi connectivity index (χ0) is 34.3. The highest BCUT2D eigenvalue weighted by atomic mass is 16.5. The van der Waals surface area contributed by atoms with Crippen molar-refractivity contribution in [2.75, 3.05) is 13.1 Å². The number of carbonyl (C=O) groups excluding carboxylic acids is 3. The lowest BCUT2D eigenvalue weighted by molar-refractivity contribution is -0.140. The first kappa shape index (κ1) is 34.6. The largest absolute Gasteiger partial charge is 0.489 e. The number of nitrogens with one attached hydrogen (secondary N) is 3. The number of hydrogen-bond acceptors (Lipinski definition) is 5. The summed E-state index contributed by atoms with van der Waals surface area (Å²) >= 11 is 0. The van der Waals surface area contributed by atoms with Crippen LogP contribution in [0.1, 0.15) is 47.2 Å². The molecular formula is C40H43N5O4. The maximum Gasteiger partial charge on any atom is 0.246 e. The number of carbonyl (C=O) groups is 3. The van der Waals surface area contributed by atoms with Gasteiger partial charge in [-0.2, -0.15) is 0 Å². The summed E-state index contributed by atoms with van der Waals surface area (Å²) in [5, 5.41) is 5.94. The molecule has 0 aliphatic heterocycles. The number of nitrogens with zero attached hydrogens (tertiary/aromatic N) is 2. The lowest BCUT2D eigenvalue weighted by Crippen LogP contribution is -2.52. The molecule has 1 unspecified atom stereocenters. The molecular weight excluding hydrogens is 614 g/mol. The van der Waals surface area contributed by atoms with E-state index in [4.69, 9.17) is 4.74 Å². The van der Waals surface area contributed by atoms with E-state index in [-0.39, 0.29) is 49.6 Å². The van der Waals surface area contributed by atoms with Crippen LogP contribution < -0.4 is 15.4 Å². The molecule has 0 radical (unpaired) electrons. The molecule has 2 atom stereocenters. The van der Waals surface area contributed by atoms with E-state index in [0.717, 1.165) is 22.3 Å². The maximum atomic E-state index is 14.3. The molecule has 0 spiro atoms. The van der Waals surface area contributed by atoms with E-state index >= 15 is 0 Å². The molecule has 0 aliphatic rings. The van der Waals surface area contributed by atoms with Crippen molar-refractivity contribution in [3.8, 4) is 5.75 Å². The van der Waals surface area contributed by atoms with Crippen LogP contribution in [-0.4, -0.2) is 51.7 Å². The number of H-pyrrole nitrogens is 1. The van der Waals surface area contributed by atoms with E-state index < -0.39 is 6.04 Å². The summed E-state index contributed by atoms with van der Waals surface area (Å²) in [6.45, 7) is 2.89. The number of imidazole rings is 1. The first-order chi connectivity index (χ1) is 23.9. The lowest BCUT2D eigenvalue weighted by Gasteiger charge is -2.28. The Hall–Kier alpha value is -5.70. The van der Waals surface area contributed by atoms with Gasteiger partial charge >= 0.3 is 0 Å². The highest BCUT2D eigenvalue weighted by Gasteiger charge is 2.28. The van der Waals surface area contributed by atoms with Gasteiger partial charge in [0.25, 0.3) is 0 Å². The van der Waals surface area contributed by atoms with Gasteiger partial charge < -0.3 is 25.3 Å². The molecule has 9 heteroatoms. The Morgan fingerprint density at radius 2 is 1.45 bits per heavy atom. The molecule has 0 fully saturated rings. The van der Waals surface area contributed by atoms with Crippen LogP contribution in [0.15, 0.2) is 128 Å². The van der Waals surface area contributed by atoms with E-state index in [1.165, 1.54) is 11.2 Å². The fourth-order valence-electron chi connectivity index (χ4n) is 5.46. The van der Waals surface area contributed by atoms with Crippen LogP contribution in [0.3, 0.4) is 0 Å². The van der Waals surface area contributed by atoms with Gasteiger partial charge in [-0.3, -0.25) is 14.4 Å². The topological polar surface area (TPSA) is 116 Å². The maximum absolute atomic E-state index is 14.3. The van der Waals surface area contributed by atoms with Crippen LogP contribution in [0.5, 0.6) is 5.75 Å². The molecule has 9 nitrogen and oxygen atoms in total. The second-order valence-electron chi connectivity index (χ2n) is 12.1. The van der Waals surface area contributed by atoms with E-state index in [2.05, 4.69) is 20.6 Å². The predicted molar refractivity (Wildman–Crippen MR) is 189 cm³/mol. The molecule has 1 heterocycles. The van der Waals surface area contributed by atoms with Crippen LogP contribution >= 0.6 is 0 Å². The van der Waals surface area contributed by atoms with Gasteiger partial charge in [0, 0.05) is 32.1 Å². The van der Waals surface area contributed by atoms with Crippen molar-refractivity contribution in [2.45, 2.75) is 51.3 Å². The summed E-state index contributed by atoms with van der Waals surface area (Å²) < 4.78 is 5.95. The fraction of sp³-hybridized carbons (Fsp3) is 0.250. The monoisotopic (exact) mass is 657 g/mol. The van der Waals surface area contributed by atoms with Crippen molar-refractivity contribution in [2.24, 2.45) is 0 Å². The number of aromatic amines is 1. The Labute approximate surface area is 287 Å². The third kappa shape index (κ3) is 11.2. The number of hydrogen-bond donors (Lipinski definition) is 3. The van der Waals surface area contributed by atoms with Gasteiger partial charge in [0.2, 0.25) is 17.7 Å². The fourth-order valence-corrected chi connectivity index (χ4v) is 5.46. The van der Waals surface area contributed by atoms with E-state index in [1.807, 2.05) is 122 Å². The van der Waals surface area contributed by atoms with Crippen molar-refractivity contribution >= 4 is 17.7 Å². The average molecular weight is 658 g/mol. The van der Waals surface area contributed by atoms with Gasteiger partial charge in [-0.1, -0.05) is 110 Å². The van der Waals surface area contributed by atoms with Gasteiger partial charge in [0.1, 0.15) is 18.4 Å². The lowest BCUT2D eigenvalue weighted by atomic mass is 10.0. The minimum atomic E-state index is -0.920. The average Bonchev–Trinajstić information content (AvgIpc) is 3.66. The van der Waals surface area contributed by atoms with Gasteiger partial charge in [-0.25, -0.2) is 4.98 Å². The number of amides is 3. The zero-order valence-electron chi connectivity index (χ0n) is 27.8. The standard InChI is InChI=1S/C40H43N5O4/c1-30(34-15-9-4-10-16-34)24-42-39(47)27-45(26-32-17-20-36(21-18-32)49-28-33-13-7-3-8-14-33)40(48)37(23-35-25-41-29-43-35)44-38(46)22-19-31-11-5-2-6-12-31/h2-18,20-21,25,29-30,37H,19,22-24,26-28H2,1H3,(H,41,43)(H,42,47)(H,44,46)/t30?,37-/m0/s1. The van der Waals surface area contributed by atoms with Crippen molar-refractivity contribution < 1.29 is 19.1 Å². The molecule has 5 rings (SSSR count). The molecule has 4 aromatic carbocycles. The Balaban J connectivity index is 1.29. The van der Waals surface area contributed by atoms with Gasteiger partial charge in [-0.15, -0.1) is 0 Å². The molecule has 0 saturated heterocycles. The Kier molecular flexibility index (Phi) is 12.7. The molecule has 0 saturated carbocycles. The molecule has 0 bridgehead atoms. The van der Waals surface area contributed by atoms with E-state index in [9.17, 15) is 14.4 Å². The Morgan fingerprint density at radius 3 is 2.10 bits per heavy atom. The molecule has 5 aromatic rings. The number of aromatic nitrogens is 2. The van der Waals surface area contributed by atoms with Gasteiger partial charge in [0.15, 0.2) is 0 Å². The Bertz CT molecular complexity index is 1730. The smallest absolute Gasteiger partial charge is 0.246 e. The van der Waals surface area contributed by atoms with Crippen LogP contribution in [0.2, 0.25) is 0 Å². The minimum absolute atomic E-state index is 0.0917. The number of rotatable bonds is 17. The molecule has 0 aliphatic carbocycles. The summed E-state index contributed by atoms with van der Waals surface area (Å²) in [4.78, 5) is 49.5. The number of ether oxygens (including phenoxy) is 1. The summed E-state index contributed by atoms with van der Waals surface area (Å²) in [7, 11) is 0. The quantitative estimate of drug-likeness (QED) is 0.121. The van der Waals surface area contributed by atoms with Crippen LogP contribution in [0, 0.1) is 0 Å². The van der Waals surface area contributed by atoms with Crippen molar-refractivity contribution in [1.82, 2.24) is 25.5 Å². The highest BCUT2D eigenvalue weighted by molar-refractivity contribution is 5.91. The van der Waals surface area contributed by atoms with E-state index in [1.54, 1.807) is 6.20 Å². The SMILES string of the molecule is CC(CNC(=O)CN(Cc1ccc(OCc2ccccc2)cc1)C(=O)[C@H](Cc1c[nH]cn1)NC(=O)CCc1ccccc1)c1ccccc1. The second-order valence-corrected chi connectivity index (χ2v) is 12.1. The van der Waals surface area contributed by atoms with Crippen LogP contribution in [-0.2, 0) is 40.4 Å². The van der Waals surface area contributed by atoms with Gasteiger partial charge in [-0.05, 0) is 46.7 Å². The third-order valence-electron chi connectivity index (χ3n) is 8.25. The molecule has 252 valence electrons. The molecule has 3 amide bonds. The minimum Gasteiger partial charge on any atom is -0.489 e.